The lowest BCUT2D eigenvalue weighted by Crippen LogP contribution is -2.35. The Morgan fingerprint density at radius 2 is 1.94 bits per heavy atom. The van der Waals surface area contributed by atoms with Crippen molar-refractivity contribution in [3.05, 3.63) is 35.4 Å². The first-order valence-corrected chi connectivity index (χ1v) is 6.53. The predicted molar refractivity (Wildman–Crippen MR) is 67.6 cm³/mol. The van der Waals surface area contributed by atoms with Gasteiger partial charge in [0.2, 0.25) is 0 Å². The van der Waals surface area contributed by atoms with E-state index in [0.717, 1.165) is 32.1 Å². The molecule has 0 heterocycles. The molecule has 16 heavy (non-hydrogen) atoms. The van der Waals surface area contributed by atoms with Crippen molar-refractivity contribution >= 4 is 0 Å². The second kappa shape index (κ2) is 5.01. The summed E-state index contributed by atoms with van der Waals surface area (Å²) in [5.74, 6) is 0. The van der Waals surface area contributed by atoms with Gasteiger partial charge in [0.05, 0.1) is 5.60 Å². The smallest absolute Gasteiger partial charge is 0.0691 e. The maximum atomic E-state index is 10.5. The molecule has 0 aromatic heterocycles. The molecule has 0 spiro atoms. The predicted octanol–water partition coefficient (Wildman–Crippen LogP) is 3.49. The zero-order chi connectivity index (χ0) is 11.4. The third kappa shape index (κ3) is 2.65. The van der Waals surface area contributed by atoms with Crippen molar-refractivity contribution in [2.24, 2.45) is 0 Å². The van der Waals surface area contributed by atoms with Crippen LogP contribution in [0.25, 0.3) is 0 Å². The van der Waals surface area contributed by atoms with E-state index < -0.39 is 5.60 Å². The summed E-state index contributed by atoms with van der Waals surface area (Å²) >= 11 is 0. The highest BCUT2D eigenvalue weighted by Gasteiger charge is 2.30. The summed E-state index contributed by atoms with van der Waals surface area (Å²) in [6, 6.07) is 8.54. The van der Waals surface area contributed by atoms with E-state index in [2.05, 4.69) is 31.2 Å². The number of aryl methyl sites for hydroxylation is 1. The molecule has 1 heteroatoms. The quantitative estimate of drug-likeness (QED) is 0.767. The number of benzene rings is 1. The van der Waals surface area contributed by atoms with Gasteiger partial charge in [-0.2, -0.15) is 0 Å². The molecule has 0 amide bonds. The molecule has 0 saturated carbocycles. The van der Waals surface area contributed by atoms with Crippen LogP contribution >= 0.6 is 0 Å². The Hall–Kier alpha value is -0.820. The molecule has 1 aromatic rings. The molecule has 1 nitrogen and oxygen atoms in total. The van der Waals surface area contributed by atoms with Crippen molar-refractivity contribution in [2.45, 2.75) is 57.5 Å². The van der Waals surface area contributed by atoms with Gasteiger partial charge in [-0.1, -0.05) is 50.5 Å². The van der Waals surface area contributed by atoms with Crippen LogP contribution in [-0.2, 0) is 12.8 Å². The fourth-order valence-corrected chi connectivity index (χ4v) is 2.70. The van der Waals surface area contributed by atoms with Crippen LogP contribution in [0, 0.1) is 0 Å². The van der Waals surface area contributed by atoms with E-state index in [0.29, 0.717) is 0 Å². The van der Waals surface area contributed by atoms with Crippen LogP contribution in [0.15, 0.2) is 24.3 Å². The van der Waals surface area contributed by atoms with Crippen molar-refractivity contribution in [2.75, 3.05) is 0 Å². The number of fused-ring (bicyclic) bond motifs is 1. The first-order chi connectivity index (χ1) is 7.73. The highest BCUT2D eigenvalue weighted by Crippen LogP contribution is 2.32. The van der Waals surface area contributed by atoms with Crippen LogP contribution in [0.1, 0.15) is 50.2 Å². The van der Waals surface area contributed by atoms with Gasteiger partial charge in [-0.3, -0.25) is 0 Å². The minimum atomic E-state index is -0.427. The van der Waals surface area contributed by atoms with E-state index in [4.69, 9.17) is 0 Å². The monoisotopic (exact) mass is 218 g/mol. The lowest BCUT2D eigenvalue weighted by Gasteiger charge is -2.33. The summed E-state index contributed by atoms with van der Waals surface area (Å²) in [4.78, 5) is 0. The van der Waals surface area contributed by atoms with Gasteiger partial charge >= 0.3 is 0 Å². The molecule has 88 valence electrons. The third-order valence-corrected chi connectivity index (χ3v) is 3.74. The van der Waals surface area contributed by atoms with Gasteiger partial charge in [0.1, 0.15) is 0 Å². The molecular weight excluding hydrogens is 196 g/mol. The Kier molecular flexibility index (Phi) is 3.65. The molecule has 1 aliphatic carbocycles. The van der Waals surface area contributed by atoms with Crippen molar-refractivity contribution in [3.63, 3.8) is 0 Å². The minimum absolute atomic E-state index is 0.427. The highest BCUT2D eigenvalue weighted by molar-refractivity contribution is 5.31. The topological polar surface area (TPSA) is 20.2 Å². The van der Waals surface area contributed by atoms with Gasteiger partial charge in [-0.05, 0) is 30.4 Å². The fourth-order valence-electron chi connectivity index (χ4n) is 2.70. The van der Waals surface area contributed by atoms with E-state index in [1.807, 2.05) is 0 Å². The third-order valence-electron chi connectivity index (χ3n) is 3.74. The Labute approximate surface area is 98.5 Å². The molecule has 1 aromatic carbocycles. The zero-order valence-electron chi connectivity index (χ0n) is 10.2. The molecule has 1 N–H and O–H groups in total. The van der Waals surface area contributed by atoms with Crippen LogP contribution in [0.3, 0.4) is 0 Å². The molecule has 2 rings (SSSR count). The van der Waals surface area contributed by atoms with Crippen LogP contribution in [0.2, 0.25) is 0 Å². The Morgan fingerprint density at radius 3 is 2.69 bits per heavy atom. The van der Waals surface area contributed by atoms with Gasteiger partial charge < -0.3 is 5.11 Å². The normalized spacial score (nSPS) is 24.1. The summed E-state index contributed by atoms with van der Waals surface area (Å²) in [5, 5.41) is 10.5. The van der Waals surface area contributed by atoms with Crippen molar-refractivity contribution in [1.82, 2.24) is 0 Å². The Bertz CT molecular complexity index is 345. The Balaban J connectivity index is 2.00. The summed E-state index contributed by atoms with van der Waals surface area (Å²) < 4.78 is 0. The van der Waals surface area contributed by atoms with Crippen LogP contribution in [0.5, 0.6) is 0 Å². The van der Waals surface area contributed by atoms with Gasteiger partial charge in [0.25, 0.3) is 0 Å². The van der Waals surface area contributed by atoms with Crippen LogP contribution in [-0.4, -0.2) is 10.7 Å². The van der Waals surface area contributed by atoms with Crippen molar-refractivity contribution < 1.29 is 5.11 Å². The second-order valence-corrected chi connectivity index (χ2v) is 5.13. The summed E-state index contributed by atoms with van der Waals surface area (Å²) in [6.07, 6.45) is 7.43. The average Bonchev–Trinajstić information content (AvgIpc) is 2.29. The second-order valence-electron chi connectivity index (χ2n) is 5.13. The molecule has 0 bridgehead atoms. The number of aliphatic hydroxyl groups is 1. The average molecular weight is 218 g/mol. The summed E-state index contributed by atoms with van der Waals surface area (Å²) in [7, 11) is 0. The summed E-state index contributed by atoms with van der Waals surface area (Å²) in [6.45, 7) is 2.21. The highest BCUT2D eigenvalue weighted by atomic mass is 16.3. The standard InChI is InChI=1S/C15H22O/c1-2-3-6-10-15(16)11-9-13-7-4-5-8-14(13)12-15/h4-5,7-8,16H,2-3,6,9-12H2,1H3. The largest absolute Gasteiger partial charge is 0.390 e. The maximum absolute atomic E-state index is 10.5. The molecule has 1 aliphatic rings. The van der Waals surface area contributed by atoms with Crippen molar-refractivity contribution in [1.29, 1.82) is 0 Å². The maximum Gasteiger partial charge on any atom is 0.0691 e. The van der Waals surface area contributed by atoms with Gasteiger partial charge in [-0.15, -0.1) is 0 Å². The molecule has 0 saturated heterocycles. The number of hydrogen-bond donors (Lipinski definition) is 1. The van der Waals surface area contributed by atoms with Crippen LogP contribution in [0.4, 0.5) is 0 Å². The van der Waals surface area contributed by atoms with E-state index in [1.165, 1.54) is 24.0 Å². The van der Waals surface area contributed by atoms with E-state index in [1.54, 1.807) is 0 Å². The van der Waals surface area contributed by atoms with E-state index >= 15 is 0 Å². The molecule has 0 aliphatic heterocycles. The molecule has 1 unspecified atom stereocenters. The van der Waals surface area contributed by atoms with Gasteiger partial charge in [0, 0.05) is 6.42 Å². The first kappa shape index (κ1) is 11.7. The zero-order valence-corrected chi connectivity index (χ0v) is 10.2. The molecule has 0 radical (unpaired) electrons. The summed E-state index contributed by atoms with van der Waals surface area (Å²) in [5.41, 5.74) is 2.36. The SMILES string of the molecule is CCCCCC1(O)CCc2ccccc2C1. The first-order valence-electron chi connectivity index (χ1n) is 6.53. The number of rotatable bonds is 4. The lowest BCUT2D eigenvalue weighted by atomic mass is 9.78. The molecule has 0 fully saturated rings. The van der Waals surface area contributed by atoms with Crippen LogP contribution < -0.4 is 0 Å². The number of hydrogen-bond acceptors (Lipinski definition) is 1. The van der Waals surface area contributed by atoms with Gasteiger partial charge in [0.15, 0.2) is 0 Å². The molecule has 1 atom stereocenters. The Morgan fingerprint density at radius 1 is 1.19 bits per heavy atom. The fraction of sp³-hybridized carbons (Fsp3) is 0.600. The minimum Gasteiger partial charge on any atom is -0.390 e. The number of unbranched alkanes of at least 4 members (excludes halogenated alkanes) is 2. The lowest BCUT2D eigenvalue weighted by molar-refractivity contribution is 0.0156. The van der Waals surface area contributed by atoms with E-state index in [9.17, 15) is 5.11 Å². The van der Waals surface area contributed by atoms with Crippen molar-refractivity contribution in [3.8, 4) is 0 Å². The van der Waals surface area contributed by atoms with Gasteiger partial charge in [-0.25, -0.2) is 0 Å². The molecular formula is C15H22O. The van der Waals surface area contributed by atoms with E-state index in [-0.39, 0.29) is 0 Å².